The number of aromatic nitrogens is 1. The lowest BCUT2D eigenvalue weighted by Gasteiger charge is -2.11. The normalized spacial score (nSPS) is 11.1. The molecule has 6 heteroatoms. The number of carbonyl (C=O) groups is 1. The van der Waals surface area contributed by atoms with E-state index in [0.717, 1.165) is 28.2 Å². The average molecular weight is 382 g/mol. The van der Waals surface area contributed by atoms with Crippen molar-refractivity contribution in [1.82, 2.24) is 9.99 Å². The van der Waals surface area contributed by atoms with Crippen LogP contribution in [0.25, 0.3) is 5.69 Å². The quantitative estimate of drug-likeness (QED) is 0.515. The number of aromatic hydroxyl groups is 1. The fraction of sp³-hybridized carbons (Fsp3) is 0.143. The molecule has 3 rings (SSSR count). The molecule has 0 atom stereocenters. The number of aryl methyl sites for hydroxylation is 2. The van der Waals surface area contributed by atoms with E-state index in [4.69, 9.17) is 11.6 Å². The maximum absolute atomic E-state index is 12.1. The molecule has 1 amide bonds. The largest absolute Gasteiger partial charge is 0.507 e. The number of hydrogen-bond donors (Lipinski definition) is 2. The average Bonchev–Trinajstić information content (AvgIpc) is 2.91. The van der Waals surface area contributed by atoms with Crippen molar-refractivity contribution in [3.8, 4) is 11.4 Å². The third-order valence-corrected chi connectivity index (χ3v) is 4.81. The second-order valence-corrected chi connectivity index (χ2v) is 6.72. The molecule has 0 saturated heterocycles. The Balaban J connectivity index is 1.82. The molecule has 0 aliphatic rings. The lowest BCUT2D eigenvalue weighted by molar-refractivity contribution is 0.0952. The summed E-state index contributed by atoms with van der Waals surface area (Å²) in [6.07, 6.45) is 1.59. The number of benzene rings is 2. The predicted molar refractivity (Wildman–Crippen MR) is 108 cm³/mol. The number of amides is 1. The van der Waals surface area contributed by atoms with Gasteiger partial charge in [0.1, 0.15) is 5.75 Å². The van der Waals surface area contributed by atoms with E-state index < -0.39 is 5.91 Å². The number of rotatable bonds is 4. The van der Waals surface area contributed by atoms with Crippen molar-refractivity contribution in [3.05, 3.63) is 81.6 Å². The van der Waals surface area contributed by atoms with Crippen LogP contribution in [-0.2, 0) is 0 Å². The zero-order chi connectivity index (χ0) is 19.6. The summed E-state index contributed by atoms with van der Waals surface area (Å²) in [6, 6.07) is 14.2. The van der Waals surface area contributed by atoms with Crippen LogP contribution in [0.1, 0.15) is 32.9 Å². The van der Waals surface area contributed by atoms with Gasteiger partial charge >= 0.3 is 0 Å². The number of phenols is 1. The van der Waals surface area contributed by atoms with E-state index in [1.54, 1.807) is 18.3 Å². The topological polar surface area (TPSA) is 66.6 Å². The number of para-hydroxylation sites is 1. The standard InChI is InChI=1S/C21H20ClN3O2/c1-13-8-9-17(11-19(13)22)25-14(2)10-16(15(25)3)12-23-24-21(27)18-6-4-5-7-20(18)26/h4-12,26H,1-3H3,(H,24,27)/b23-12-. The van der Waals surface area contributed by atoms with Gasteiger partial charge in [-0.1, -0.05) is 29.8 Å². The lowest BCUT2D eigenvalue weighted by Crippen LogP contribution is -2.17. The van der Waals surface area contributed by atoms with Crippen LogP contribution >= 0.6 is 11.6 Å². The zero-order valence-electron chi connectivity index (χ0n) is 15.3. The molecule has 0 fully saturated rings. The summed E-state index contributed by atoms with van der Waals surface area (Å²) in [5, 5.41) is 14.5. The van der Waals surface area contributed by atoms with Gasteiger partial charge in [-0.25, -0.2) is 5.43 Å². The highest BCUT2D eigenvalue weighted by atomic mass is 35.5. The third kappa shape index (κ3) is 3.88. The number of hydrogen-bond acceptors (Lipinski definition) is 3. The smallest absolute Gasteiger partial charge is 0.275 e. The Bertz CT molecular complexity index is 1040. The van der Waals surface area contributed by atoms with Gasteiger partial charge in [0, 0.05) is 27.7 Å². The van der Waals surface area contributed by atoms with Crippen molar-refractivity contribution in [2.75, 3.05) is 0 Å². The molecule has 0 unspecified atom stereocenters. The molecule has 0 saturated carbocycles. The summed E-state index contributed by atoms with van der Waals surface area (Å²) < 4.78 is 2.08. The maximum Gasteiger partial charge on any atom is 0.275 e. The molecule has 1 heterocycles. The summed E-state index contributed by atoms with van der Waals surface area (Å²) >= 11 is 6.26. The third-order valence-electron chi connectivity index (χ3n) is 4.40. The minimum Gasteiger partial charge on any atom is -0.507 e. The SMILES string of the molecule is Cc1ccc(-n2c(C)cc(/C=N\NC(=O)c3ccccc3O)c2C)cc1Cl. The molecule has 0 spiro atoms. The van der Waals surface area contributed by atoms with Gasteiger partial charge in [-0.3, -0.25) is 4.79 Å². The molecule has 0 aliphatic carbocycles. The Kier molecular flexibility index (Phi) is 5.33. The summed E-state index contributed by atoms with van der Waals surface area (Å²) in [7, 11) is 0. The highest BCUT2D eigenvalue weighted by Gasteiger charge is 2.11. The molecule has 0 radical (unpaired) electrons. The summed E-state index contributed by atoms with van der Waals surface area (Å²) in [6.45, 7) is 5.94. The van der Waals surface area contributed by atoms with Gasteiger partial charge in [-0.05, 0) is 56.7 Å². The summed E-state index contributed by atoms with van der Waals surface area (Å²) in [4.78, 5) is 12.1. The van der Waals surface area contributed by atoms with E-state index in [1.807, 2.05) is 45.0 Å². The minimum absolute atomic E-state index is 0.0837. The van der Waals surface area contributed by atoms with Crippen LogP contribution in [0.4, 0.5) is 0 Å². The van der Waals surface area contributed by atoms with Crippen LogP contribution in [0.2, 0.25) is 5.02 Å². The first kappa shape index (κ1) is 18.7. The van der Waals surface area contributed by atoms with Crippen molar-refractivity contribution in [2.24, 2.45) is 5.10 Å². The fourth-order valence-corrected chi connectivity index (χ4v) is 3.10. The Morgan fingerprint density at radius 1 is 1.15 bits per heavy atom. The van der Waals surface area contributed by atoms with Gasteiger partial charge in [0.25, 0.3) is 5.91 Å². The monoisotopic (exact) mass is 381 g/mol. The van der Waals surface area contributed by atoms with E-state index >= 15 is 0 Å². The van der Waals surface area contributed by atoms with E-state index in [-0.39, 0.29) is 11.3 Å². The van der Waals surface area contributed by atoms with Gasteiger partial charge in [0.2, 0.25) is 0 Å². The minimum atomic E-state index is -0.469. The van der Waals surface area contributed by atoms with Gasteiger partial charge < -0.3 is 9.67 Å². The highest BCUT2D eigenvalue weighted by Crippen LogP contribution is 2.24. The van der Waals surface area contributed by atoms with Gasteiger partial charge in [0.05, 0.1) is 11.8 Å². The van der Waals surface area contributed by atoms with Crippen LogP contribution in [0.5, 0.6) is 5.75 Å². The van der Waals surface area contributed by atoms with Crippen molar-refractivity contribution >= 4 is 23.7 Å². The van der Waals surface area contributed by atoms with Crippen molar-refractivity contribution in [2.45, 2.75) is 20.8 Å². The van der Waals surface area contributed by atoms with Crippen LogP contribution < -0.4 is 5.43 Å². The molecule has 2 aromatic carbocycles. The first-order valence-electron chi connectivity index (χ1n) is 8.45. The highest BCUT2D eigenvalue weighted by molar-refractivity contribution is 6.31. The van der Waals surface area contributed by atoms with Gasteiger partial charge in [-0.2, -0.15) is 5.10 Å². The second-order valence-electron chi connectivity index (χ2n) is 6.31. The Hall–Kier alpha value is -3.05. The van der Waals surface area contributed by atoms with Crippen LogP contribution in [0.3, 0.4) is 0 Å². The number of hydrazone groups is 1. The number of nitrogens with one attached hydrogen (secondary N) is 1. The fourth-order valence-electron chi connectivity index (χ4n) is 2.92. The Labute approximate surface area is 162 Å². The number of halogens is 1. The van der Waals surface area contributed by atoms with E-state index in [0.29, 0.717) is 5.02 Å². The molecule has 27 heavy (non-hydrogen) atoms. The van der Waals surface area contributed by atoms with Crippen LogP contribution in [-0.4, -0.2) is 21.8 Å². The molecular weight excluding hydrogens is 362 g/mol. The molecule has 138 valence electrons. The second kappa shape index (κ2) is 7.68. The van der Waals surface area contributed by atoms with E-state index in [2.05, 4.69) is 15.1 Å². The number of nitrogens with zero attached hydrogens (tertiary/aromatic N) is 2. The molecule has 0 bridgehead atoms. The summed E-state index contributed by atoms with van der Waals surface area (Å²) in [5.41, 5.74) is 7.50. The van der Waals surface area contributed by atoms with E-state index in [1.165, 1.54) is 12.1 Å². The summed E-state index contributed by atoms with van der Waals surface area (Å²) in [5.74, 6) is -0.553. The number of carbonyl (C=O) groups excluding carboxylic acids is 1. The number of phenolic OH excluding ortho intramolecular Hbond substituents is 1. The van der Waals surface area contributed by atoms with Crippen molar-refractivity contribution < 1.29 is 9.90 Å². The molecule has 5 nitrogen and oxygen atoms in total. The molecule has 1 aromatic heterocycles. The van der Waals surface area contributed by atoms with Gasteiger partial charge in [-0.15, -0.1) is 0 Å². The van der Waals surface area contributed by atoms with Gasteiger partial charge in [0.15, 0.2) is 0 Å². The molecule has 0 aliphatic heterocycles. The lowest BCUT2D eigenvalue weighted by atomic mass is 10.2. The van der Waals surface area contributed by atoms with E-state index in [9.17, 15) is 9.90 Å². The zero-order valence-corrected chi connectivity index (χ0v) is 16.1. The molecule has 2 N–H and O–H groups in total. The Morgan fingerprint density at radius 3 is 2.59 bits per heavy atom. The van der Waals surface area contributed by atoms with Crippen molar-refractivity contribution in [1.29, 1.82) is 0 Å². The Morgan fingerprint density at radius 2 is 1.89 bits per heavy atom. The first-order valence-corrected chi connectivity index (χ1v) is 8.83. The van der Waals surface area contributed by atoms with Crippen LogP contribution in [0, 0.1) is 20.8 Å². The first-order chi connectivity index (χ1) is 12.9. The predicted octanol–water partition coefficient (Wildman–Crippen LogP) is 4.53. The van der Waals surface area contributed by atoms with Crippen molar-refractivity contribution in [3.63, 3.8) is 0 Å². The molecule has 3 aromatic rings. The maximum atomic E-state index is 12.1. The molecular formula is C21H20ClN3O2. The van der Waals surface area contributed by atoms with Crippen LogP contribution in [0.15, 0.2) is 53.6 Å².